The molecule has 1 aromatic heterocycles. The molecule has 0 aliphatic carbocycles. The van der Waals surface area contributed by atoms with Crippen LogP contribution in [-0.4, -0.2) is 35.8 Å². The predicted molar refractivity (Wildman–Crippen MR) is 115 cm³/mol. The van der Waals surface area contributed by atoms with E-state index in [9.17, 15) is 27.9 Å². The Balaban J connectivity index is 1.65. The van der Waals surface area contributed by atoms with Crippen LogP contribution in [0.3, 0.4) is 0 Å². The number of urea groups is 1. The molecule has 0 aliphatic heterocycles. The monoisotopic (exact) mass is 458 g/mol. The van der Waals surface area contributed by atoms with Gasteiger partial charge in [-0.25, -0.2) is 23.3 Å². The number of phenolic OH excluding ortho intramolecular Hbond substituents is 1. The van der Waals surface area contributed by atoms with Crippen molar-refractivity contribution >= 4 is 39.7 Å². The second-order valence-electron chi connectivity index (χ2n) is 6.47. The zero-order valence-electron chi connectivity index (χ0n) is 16.3. The number of carbonyl (C=O) groups is 2. The molecule has 0 saturated heterocycles. The van der Waals surface area contributed by atoms with Crippen molar-refractivity contribution in [1.29, 1.82) is 0 Å². The fraction of sp³-hybridized carbons (Fsp3) is 0.0526. The number of nitrogens with one attached hydrogen (secondary N) is 4. The first-order valence-electron chi connectivity index (χ1n) is 8.96. The number of sulfonamides is 1. The summed E-state index contributed by atoms with van der Waals surface area (Å²) in [6.07, 6.45) is 1.61. The molecule has 3 rings (SSSR count). The van der Waals surface area contributed by atoms with Gasteiger partial charge in [0.2, 0.25) is 16.0 Å². The van der Waals surface area contributed by atoms with Crippen molar-refractivity contribution in [2.45, 2.75) is 10.9 Å². The van der Waals surface area contributed by atoms with E-state index in [1.165, 1.54) is 48.5 Å². The molecule has 0 radical (unpaired) electrons. The average Bonchev–Trinajstić information content (AvgIpc) is 2.74. The molecular weight excluding hydrogens is 440 g/mol. The third-order valence-electron chi connectivity index (χ3n) is 4.17. The number of nitrogens with two attached hydrogens (primary N) is 1. The number of benzene rings is 2. The molecule has 0 bridgehead atoms. The van der Waals surface area contributed by atoms with Gasteiger partial charge < -0.3 is 25.9 Å². The highest BCUT2D eigenvalue weighted by molar-refractivity contribution is 7.89. The van der Waals surface area contributed by atoms with E-state index in [2.05, 4.69) is 25.9 Å². The summed E-state index contributed by atoms with van der Waals surface area (Å²) < 4.78 is 22.6. The Labute approximate surface area is 181 Å². The maximum absolute atomic E-state index is 12.2. The van der Waals surface area contributed by atoms with Gasteiger partial charge in [-0.15, -0.1) is 0 Å². The number of primary sulfonamides is 1. The van der Waals surface area contributed by atoms with E-state index in [4.69, 9.17) is 5.14 Å². The van der Waals surface area contributed by atoms with E-state index in [0.717, 1.165) is 6.20 Å². The fourth-order valence-electron chi connectivity index (χ4n) is 2.59. The Morgan fingerprint density at radius 1 is 1.12 bits per heavy atom. The number of nitrogens with zero attached hydrogens (tertiary/aromatic N) is 1. The molecule has 3 aromatic rings. The number of H-pyrrole nitrogens is 1. The highest BCUT2D eigenvalue weighted by atomic mass is 32.2. The van der Waals surface area contributed by atoms with Gasteiger partial charge in [-0.1, -0.05) is 12.1 Å². The van der Waals surface area contributed by atoms with Crippen LogP contribution in [0.1, 0.15) is 11.6 Å². The van der Waals surface area contributed by atoms with Gasteiger partial charge in [-0.2, -0.15) is 0 Å². The molecule has 0 aliphatic rings. The minimum Gasteiger partial charge on any atom is -0.508 e. The first kappa shape index (κ1) is 22.5. The van der Waals surface area contributed by atoms with E-state index in [1.807, 2.05) is 0 Å². The summed E-state index contributed by atoms with van der Waals surface area (Å²) in [6, 6.07) is 9.30. The second kappa shape index (κ2) is 9.28. The summed E-state index contributed by atoms with van der Waals surface area (Å²) in [6.45, 7) is 0. The van der Waals surface area contributed by atoms with Crippen LogP contribution >= 0.6 is 0 Å². The maximum atomic E-state index is 12.2. The molecule has 13 heteroatoms. The van der Waals surface area contributed by atoms with Crippen LogP contribution in [0.15, 0.2) is 64.4 Å². The number of hydrogen-bond donors (Lipinski definition) is 6. The number of rotatable bonds is 7. The van der Waals surface area contributed by atoms with Crippen molar-refractivity contribution < 1.29 is 23.1 Å². The van der Waals surface area contributed by atoms with Crippen LogP contribution in [0.2, 0.25) is 0 Å². The lowest BCUT2D eigenvalue weighted by atomic mass is 10.1. The summed E-state index contributed by atoms with van der Waals surface area (Å²) >= 11 is 0. The molecule has 166 valence electrons. The van der Waals surface area contributed by atoms with E-state index in [1.54, 1.807) is 0 Å². The summed E-state index contributed by atoms with van der Waals surface area (Å²) in [5.41, 5.74) is 0.0220. The second-order valence-corrected chi connectivity index (χ2v) is 8.03. The predicted octanol–water partition coefficient (Wildman–Crippen LogP) is 0.928. The van der Waals surface area contributed by atoms with Crippen molar-refractivity contribution in [3.05, 3.63) is 70.6 Å². The molecule has 12 nitrogen and oxygen atoms in total. The standard InChI is InChI=1S/C19H18N6O6S/c20-32(30,31)14-7-3-12(4-8-14)22-18-21-9-15(17(28)25-18)23-19(29)24-16(10-26)11-1-5-13(27)6-2-11/h1-10,16,27H,(H2,20,30,31)(H2,23,24,29)(H2,21,22,25,28). The number of anilines is 3. The van der Waals surface area contributed by atoms with Crippen LogP contribution in [0, 0.1) is 0 Å². The summed E-state index contributed by atoms with van der Waals surface area (Å²) in [7, 11) is -3.83. The average molecular weight is 458 g/mol. The zero-order valence-corrected chi connectivity index (χ0v) is 17.1. The van der Waals surface area contributed by atoms with Crippen molar-refractivity contribution in [3.63, 3.8) is 0 Å². The number of aromatic hydroxyl groups is 1. The highest BCUT2D eigenvalue weighted by Crippen LogP contribution is 2.17. The molecule has 1 heterocycles. The van der Waals surface area contributed by atoms with Gasteiger partial charge in [0.1, 0.15) is 23.8 Å². The number of hydrogen-bond acceptors (Lipinski definition) is 8. The molecule has 1 unspecified atom stereocenters. The SMILES string of the molecule is NS(=O)(=O)c1ccc(Nc2ncc(NC(=O)NC(C=O)c3ccc(O)cc3)c(=O)[nH]2)cc1. The van der Waals surface area contributed by atoms with Crippen LogP contribution < -0.4 is 26.6 Å². The van der Waals surface area contributed by atoms with Crippen LogP contribution in [0.25, 0.3) is 0 Å². The van der Waals surface area contributed by atoms with Gasteiger partial charge in [0, 0.05) is 5.69 Å². The number of phenols is 1. The van der Waals surface area contributed by atoms with Gasteiger partial charge in [-0.05, 0) is 42.0 Å². The van der Waals surface area contributed by atoms with Crippen LogP contribution in [0.4, 0.5) is 22.1 Å². The Morgan fingerprint density at radius 3 is 2.34 bits per heavy atom. The van der Waals surface area contributed by atoms with Gasteiger partial charge in [0.25, 0.3) is 5.56 Å². The number of aromatic amines is 1. The van der Waals surface area contributed by atoms with Gasteiger partial charge >= 0.3 is 6.03 Å². The molecule has 2 aromatic carbocycles. The Hall–Kier alpha value is -4.23. The maximum Gasteiger partial charge on any atom is 0.320 e. The van der Waals surface area contributed by atoms with Crippen molar-refractivity contribution in [3.8, 4) is 5.75 Å². The molecule has 1 atom stereocenters. The third-order valence-corrected chi connectivity index (χ3v) is 5.10. The highest BCUT2D eigenvalue weighted by Gasteiger charge is 2.15. The number of amides is 2. The normalized spacial score (nSPS) is 11.9. The van der Waals surface area contributed by atoms with Crippen LogP contribution in [-0.2, 0) is 14.8 Å². The lowest BCUT2D eigenvalue weighted by molar-refractivity contribution is -0.109. The number of aldehydes is 1. The number of carbonyl (C=O) groups excluding carboxylic acids is 2. The van der Waals surface area contributed by atoms with Gasteiger partial charge in [-0.3, -0.25) is 9.78 Å². The molecule has 32 heavy (non-hydrogen) atoms. The van der Waals surface area contributed by atoms with Gasteiger partial charge in [0.05, 0.1) is 11.1 Å². The summed E-state index contributed by atoms with van der Waals surface area (Å²) in [5, 5.41) is 21.8. The lowest BCUT2D eigenvalue weighted by Gasteiger charge is -2.14. The molecular formula is C19H18N6O6S. The minimum absolute atomic E-state index is 0.00881. The van der Waals surface area contributed by atoms with Crippen molar-refractivity contribution in [2.24, 2.45) is 5.14 Å². The Morgan fingerprint density at radius 2 is 1.78 bits per heavy atom. The van der Waals surface area contributed by atoms with Gasteiger partial charge in [0.15, 0.2) is 0 Å². The topological polar surface area (TPSA) is 196 Å². The van der Waals surface area contributed by atoms with E-state index >= 15 is 0 Å². The molecule has 7 N–H and O–H groups in total. The summed E-state index contributed by atoms with van der Waals surface area (Å²) in [4.78, 5) is 42.0. The number of aromatic nitrogens is 2. The third kappa shape index (κ3) is 5.68. The molecule has 0 fully saturated rings. The first-order valence-corrected chi connectivity index (χ1v) is 10.5. The molecule has 0 spiro atoms. The van der Waals surface area contributed by atoms with E-state index in [-0.39, 0.29) is 22.3 Å². The Bertz CT molecular complexity index is 1290. The zero-order chi connectivity index (χ0) is 23.3. The summed E-state index contributed by atoms with van der Waals surface area (Å²) in [5.74, 6) is 0.0497. The van der Waals surface area contributed by atoms with Crippen molar-refractivity contribution in [1.82, 2.24) is 15.3 Å². The van der Waals surface area contributed by atoms with Crippen molar-refractivity contribution in [2.75, 3.05) is 10.6 Å². The quantitative estimate of drug-likeness (QED) is 0.281. The molecule has 0 saturated carbocycles. The lowest BCUT2D eigenvalue weighted by Crippen LogP contribution is -2.35. The van der Waals surface area contributed by atoms with E-state index < -0.39 is 27.7 Å². The Kier molecular flexibility index (Phi) is 6.51. The van der Waals surface area contributed by atoms with Crippen LogP contribution in [0.5, 0.6) is 5.75 Å². The van der Waals surface area contributed by atoms with E-state index in [0.29, 0.717) is 17.5 Å². The minimum atomic E-state index is -3.83. The smallest absolute Gasteiger partial charge is 0.320 e. The first-order chi connectivity index (χ1) is 15.2. The molecule has 2 amide bonds. The fourth-order valence-corrected chi connectivity index (χ4v) is 3.10. The largest absolute Gasteiger partial charge is 0.508 e.